The highest BCUT2D eigenvalue weighted by atomic mass is 35.7. The van der Waals surface area contributed by atoms with Gasteiger partial charge >= 0.3 is 0 Å². The van der Waals surface area contributed by atoms with Crippen LogP contribution >= 0.6 is 10.7 Å². The van der Waals surface area contributed by atoms with E-state index in [2.05, 4.69) is 0 Å². The molecule has 0 bridgehead atoms. The summed E-state index contributed by atoms with van der Waals surface area (Å²) in [5.41, 5.74) is 0. The SMILES string of the molecule is CC(C)Oc1ccc(S(=O)(=O)Cl)cc1OC(C)C. The molecular formula is C12H17ClO4S. The summed E-state index contributed by atoms with van der Waals surface area (Å²) in [6.07, 6.45) is -0.120. The summed E-state index contributed by atoms with van der Waals surface area (Å²) in [5.74, 6) is 0.878. The number of hydrogen-bond acceptors (Lipinski definition) is 4. The van der Waals surface area contributed by atoms with E-state index in [0.29, 0.717) is 11.5 Å². The van der Waals surface area contributed by atoms with Gasteiger partial charge in [-0.05, 0) is 39.8 Å². The molecular weight excluding hydrogens is 276 g/mol. The Morgan fingerprint density at radius 3 is 1.94 bits per heavy atom. The maximum atomic E-state index is 11.3. The largest absolute Gasteiger partial charge is 0.487 e. The topological polar surface area (TPSA) is 52.6 Å². The summed E-state index contributed by atoms with van der Waals surface area (Å²) in [4.78, 5) is -0.00378. The molecule has 1 aromatic rings. The molecule has 0 amide bonds. The third-order valence-electron chi connectivity index (χ3n) is 1.92. The molecule has 0 atom stereocenters. The third-order valence-corrected chi connectivity index (χ3v) is 3.27. The van der Waals surface area contributed by atoms with Gasteiger partial charge in [-0.3, -0.25) is 0 Å². The first kappa shape index (κ1) is 15.1. The monoisotopic (exact) mass is 292 g/mol. The molecule has 0 fully saturated rings. The molecule has 0 saturated heterocycles. The van der Waals surface area contributed by atoms with Crippen molar-refractivity contribution < 1.29 is 17.9 Å². The van der Waals surface area contributed by atoms with Gasteiger partial charge in [-0.25, -0.2) is 8.42 Å². The van der Waals surface area contributed by atoms with E-state index >= 15 is 0 Å². The number of rotatable bonds is 5. The van der Waals surface area contributed by atoms with Crippen molar-refractivity contribution in [1.29, 1.82) is 0 Å². The summed E-state index contributed by atoms with van der Waals surface area (Å²) in [6.45, 7) is 7.46. The highest BCUT2D eigenvalue weighted by molar-refractivity contribution is 8.13. The molecule has 102 valence electrons. The van der Waals surface area contributed by atoms with E-state index in [4.69, 9.17) is 20.2 Å². The molecule has 4 nitrogen and oxygen atoms in total. The smallest absolute Gasteiger partial charge is 0.261 e. The van der Waals surface area contributed by atoms with Gasteiger partial charge in [0.05, 0.1) is 17.1 Å². The van der Waals surface area contributed by atoms with Crippen LogP contribution in [-0.2, 0) is 9.05 Å². The fourth-order valence-corrected chi connectivity index (χ4v) is 2.10. The maximum absolute atomic E-state index is 11.3. The Morgan fingerprint density at radius 2 is 1.50 bits per heavy atom. The number of hydrogen-bond donors (Lipinski definition) is 0. The molecule has 18 heavy (non-hydrogen) atoms. The van der Waals surface area contributed by atoms with Crippen LogP contribution < -0.4 is 9.47 Å². The molecule has 0 aromatic heterocycles. The fraction of sp³-hybridized carbons (Fsp3) is 0.500. The number of ether oxygens (including phenoxy) is 2. The second-order valence-electron chi connectivity index (χ2n) is 4.38. The van der Waals surface area contributed by atoms with E-state index in [9.17, 15) is 8.42 Å². The van der Waals surface area contributed by atoms with Crippen molar-refractivity contribution in [3.8, 4) is 11.5 Å². The number of halogens is 1. The molecule has 0 spiro atoms. The van der Waals surface area contributed by atoms with Crippen LogP contribution in [0.2, 0.25) is 0 Å². The van der Waals surface area contributed by atoms with Crippen molar-refractivity contribution in [2.75, 3.05) is 0 Å². The molecule has 0 radical (unpaired) electrons. The maximum Gasteiger partial charge on any atom is 0.261 e. The van der Waals surface area contributed by atoms with Crippen LogP contribution in [0.4, 0.5) is 0 Å². The lowest BCUT2D eigenvalue weighted by atomic mass is 10.3. The van der Waals surface area contributed by atoms with Gasteiger partial charge < -0.3 is 9.47 Å². The van der Waals surface area contributed by atoms with E-state index in [1.807, 2.05) is 27.7 Å². The van der Waals surface area contributed by atoms with Gasteiger partial charge in [0, 0.05) is 16.7 Å². The quantitative estimate of drug-likeness (QED) is 0.782. The van der Waals surface area contributed by atoms with Crippen molar-refractivity contribution >= 4 is 19.7 Å². The summed E-state index contributed by atoms with van der Waals surface area (Å²) in [7, 11) is 1.53. The lowest BCUT2D eigenvalue weighted by Crippen LogP contribution is -2.11. The molecule has 1 rings (SSSR count). The van der Waals surface area contributed by atoms with Crippen molar-refractivity contribution in [3.63, 3.8) is 0 Å². The molecule has 1 aromatic carbocycles. The molecule has 6 heteroatoms. The highest BCUT2D eigenvalue weighted by Gasteiger charge is 2.16. The van der Waals surface area contributed by atoms with Gasteiger partial charge in [0.2, 0.25) is 0 Å². The predicted octanol–water partition coefficient (Wildman–Crippen LogP) is 3.19. The van der Waals surface area contributed by atoms with Gasteiger partial charge in [-0.15, -0.1) is 0 Å². The molecule has 0 unspecified atom stereocenters. The van der Waals surface area contributed by atoms with Crippen LogP contribution in [0.25, 0.3) is 0 Å². The van der Waals surface area contributed by atoms with E-state index in [0.717, 1.165) is 0 Å². The predicted molar refractivity (Wildman–Crippen MR) is 71.0 cm³/mol. The van der Waals surface area contributed by atoms with Gasteiger partial charge in [-0.2, -0.15) is 0 Å². The van der Waals surface area contributed by atoms with Crippen LogP contribution in [0.5, 0.6) is 11.5 Å². The second-order valence-corrected chi connectivity index (χ2v) is 6.95. The van der Waals surface area contributed by atoms with Crippen molar-refractivity contribution in [2.24, 2.45) is 0 Å². The standard InChI is InChI=1S/C12H17ClO4S/c1-8(2)16-11-6-5-10(18(13,14)15)7-12(11)17-9(3)4/h5-9H,1-4H3. The van der Waals surface area contributed by atoms with Crippen LogP contribution in [-0.4, -0.2) is 20.6 Å². The first-order valence-electron chi connectivity index (χ1n) is 5.62. The first-order chi connectivity index (χ1) is 8.20. The van der Waals surface area contributed by atoms with E-state index in [1.165, 1.54) is 12.1 Å². The minimum atomic E-state index is -3.77. The van der Waals surface area contributed by atoms with Crippen molar-refractivity contribution in [1.82, 2.24) is 0 Å². The molecule has 0 saturated carbocycles. The second kappa shape index (κ2) is 5.80. The zero-order valence-corrected chi connectivity index (χ0v) is 12.4. The highest BCUT2D eigenvalue weighted by Crippen LogP contribution is 2.32. The van der Waals surface area contributed by atoms with E-state index in [-0.39, 0.29) is 17.1 Å². The molecule has 0 heterocycles. The molecule has 0 aliphatic carbocycles. The minimum Gasteiger partial charge on any atom is -0.487 e. The zero-order valence-electron chi connectivity index (χ0n) is 10.8. The van der Waals surface area contributed by atoms with E-state index in [1.54, 1.807) is 6.07 Å². The summed E-state index contributed by atoms with van der Waals surface area (Å²) >= 11 is 0. The van der Waals surface area contributed by atoms with Crippen molar-refractivity contribution in [3.05, 3.63) is 18.2 Å². The number of benzene rings is 1. The summed E-state index contributed by atoms with van der Waals surface area (Å²) < 4.78 is 33.6. The normalized spacial score (nSPS) is 11.9. The van der Waals surface area contributed by atoms with Gasteiger partial charge in [0.15, 0.2) is 11.5 Å². The van der Waals surface area contributed by atoms with Crippen LogP contribution in [0.3, 0.4) is 0 Å². The fourth-order valence-electron chi connectivity index (χ4n) is 1.34. The Labute approximate surface area is 112 Å². The van der Waals surface area contributed by atoms with Crippen molar-refractivity contribution in [2.45, 2.75) is 44.8 Å². The zero-order chi connectivity index (χ0) is 13.9. The minimum absolute atomic E-state index is 0.00378. The molecule has 0 aliphatic rings. The lowest BCUT2D eigenvalue weighted by molar-refractivity contribution is 0.198. The average Bonchev–Trinajstić information content (AvgIpc) is 2.17. The van der Waals surface area contributed by atoms with E-state index < -0.39 is 9.05 Å². The first-order valence-corrected chi connectivity index (χ1v) is 7.93. The molecule has 0 N–H and O–H groups in total. The summed E-state index contributed by atoms with van der Waals surface area (Å²) in [5, 5.41) is 0. The van der Waals surface area contributed by atoms with Gasteiger partial charge in [0.25, 0.3) is 9.05 Å². The van der Waals surface area contributed by atoms with Crippen LogP contribution in [0, 0.1) is 0 Å². The Morgan fingerprint density at radius 1 is 1.00 bits per heavy atom. The third kappa shape index (κ3) is 4.38. The Hall–Kier alpha value is -0.940. The lowest BCUT2D eigenvalue weighted by Gasteiger charge is -2.17. The summed E-state index contributed by atoms with van der Waals surface area (Å²) in [6, 6.07) is 4.32. The Balaban J connectivity index is 3.20. The Bertz CT molecular complexity index is 509. The van der Waals surface area contributed by atoms with Crippen LogP contribution in [0.15, 0.2) is 23.1 Å². The van der Waals surface area contributed by atoms with Gasteiger partial charge in [-0.1, -0.05) is 0 Å². The average molecular weight is 293 g/mol. The van der Waals surface area contributed by atoms with Crippen LogP contribution in [0.1, 0.15) is 27.7 Å². The molecule has 0 aliphatic heterocycles. The Kier molecular flexibility index (Phi) is 4.87. The van der Waals surface area contributed by atoms with Gasteiger partial charge in [0.1, 0.15) is 0 Å².